The molecule has 1 saturated heterocycles. The average molecular weight is 540 g/mol. The van der Waals surface area contributed by atoms with Crippen molar-refractivity contribution in [1.82, 2.24) is 4.90 Å². The molecule has 3 rings (SSSR count). The van der Waals surface area contributed by atoms with Crippen LogP contribution in [0.15, 0.2) is 42.5 Å². The van der Waals surface area contributed by atoms with E-state index in [9.17, 15) is 14.4 Å². The number of benzene rings is 2. The third-order valence-corrected chi connectivity index (χ3v) is 7.60. The van der Waals surface area contributed by atoms with E-state index in [1.807, 2.05) is 49.4 Å². The zero-order chi connectivity index (χ0) is 28.6. The lowest BCUT2D eigenvalue weighted by molar-refractivity contribution is -0.164. The topological polar surface area (TPSA) is 91.4 Å². The largest absolute Gasteiger partial charge is 0.497 e. The van der Waals surface area contributed by atoms with Gasteiger partial charge in [0.1, 0.15) is 17.9 Å². The number of Topliss-reactive ketones (excluding diaryl/α,β-unsaturated/α-hetero) is 1. The number of likely N-dealkylation sites (tertiary alicyclic amines) is 1. The van der Waals surface area contributed by atoms with Crippen molar-refractivity contribution < 1.29 is 33.3 Å². The van der Waals surface area contributed by atoms with Crippen LogP contribution in [0.5, 0.6) is 17.2 Å². The van der Waals surface area contributed by atoms with E-state index in [0.29, 0.717) is 49.5 Å². The average Bonchev–Trinajstić information content (AvgIpc) is 2.97. The van der Waals surface area contributed by atoms with Gasteiger partial charge < -0.3 is 23.8 Å². The Labute approximate surface area is 231 Å². The molecule has 0 radical (unpaired) electrons. The summed E-state index contributed by atoms with van der Waals surface area (Å²) in [6.07, 6.45) is 3.04. The molecule has 0 spiro atoms. The zero-order valence-electron chi connectivity index (χ0n) is 24.0. The number of nitrogens with zero attached hydrogens (tertiary/aromatic N) is 1. The quantitative estimate of drug-likeness (QED) is 0.266. The van der Waals surface area contributed by atoms with Crippen LogP contribution in [0.2, 0.25) is 0 Å². The maximum absolute atomic E-state index is 13.6. The molecule has 0 N–H and O–H groups in total. The first-order chi connectivity index (χ1) is 18.6. The summed E-state index contributed by atoms with van der Waals surface area (Å²) in [6.45, 7) is 5.76. The maximum Gasteiger partial charge on any atom is 0.329 e. The van der Waals surface area contributed by atoms with Gasteiger partial charge in [0.05, 0.1) is 21.3 Å². The van der Waals surface area contributed by atoms with Crippen molar-refractivity contribution in [3.05, 3.63) is 53.6 Å². The van der Waals surface area contributed by atoms with Crippen molar-refractivity contribution >= 4 is 17.7 Å². The summed E-state index contributed by atoms with van der Waals surface area (Å²) < 4.78 is 22.3. The number of ketones is 1. The number of hydrogen-bond donors (Lipinski definition) is 0. The second-order valence-corrected chi connectivity index (χ2v) is 10.5. The van der Waals surface area contributed by atoms with Crippen LogP contribution < -0.4 is 14.2 Å². The lowest BCUT2D eigenvalue weighted by Crippen LogP contribution is -2.53. The Morgan fingerprint density at radius 1 is 0.974 bits per heavy atom. The number of methoxy groups -OCH3 is 3. The Bertz CT molecular complexity index is 1160. The molecule has 1 amide bonds. The molecular weight excluding hydrogens is 498 g/mol. The van der Waals surface area contributed by atoms with Gasteiger partial charge in [-0.25, -0.2) is 4.79 Å². The van der Waals surface area contributed by atoms with Crippen molar-refractivity contribution in [2.75, 3.05) is 27.9 Å². The molecule has 0 unspecified atom stereocenters. The van der Waals surface area contributed by atoms with Crippen LogP contribution in [0.4, 0.5) is 0 Å². The molecule has 0 bridgehead atoms. The fourth-order valence-electron chi connectivity index (χ4n) is 4.69. The molecule has 0 aromatic heterocycles. The number of hydrogen-bond acceptors (Lipinski definition) is 7. The predicted molar refractivity (Wildman–Crippen MR) is 148 cm³/mol. The lowest BCUT2D eigenvalue weighted by atomic mass is 9.84. The fraction of sp³-hybridized carbons (Fsp3) is 0.516. The standard InChI is InChI=1S/C31H41NO7/c1-7-31(2,3)28(33)29(34)32-18-9-8-13-24(32)30(35)39-25(22-11-10-12-23(20-22)36-4)16-14-21-15-17-26(37-5)27(19-21)38-6/h10-12,15,17,19-20,24-25H,7-9,13-14,16,18H2,1-6H3/t24-,25+/m0/s1. The normalized spacial score (nSPS) is 16.3. The van der Waals surface area contributed by atoms with Gasteiger partial charge in [-0.3, -0.25) is 9.59 Å². The van der Waals surface area contributed by atoms with Crippen LogP contribution in [0.1, 0.15) is 70.1 Å². The number of carbonyl (C=O) groups is 3. The first-order valence-corrected chi connectivity index (χ1v) is 13.6. The first-order valence-electron chi connectivity index (χ1n) is 13.6. The van der Waals surface area contributed by atoms with E-state index in [0.717, 1.165) is 24.0 Å². The summed E-state index contributed by atoms with van der Waals surface area (Å²) in [5.74, 6) is 0.349. The van der Waals surface area contributed by atoms with Crippen molar-refractivity contribution in [3.63, 3.8) is 0 Å². The smallest absolute Gasteiger partial charge is 0.329 e. The van der Waals surface area contributed by atoms with E-state index in [2.05, 4.69) is 0 Å². The number of ether oxygens (including phenoxy) is 4. The summed E-state index contributed by atoms with van der Waals surface area (Å²) in [4.78, 5) is 41.2. The SMILES string of the molecule is CCC(C)(C)C(=O)C(=O)N1CCCC[C@H]1C(=O)O[C@H](CCc1ccc(OC)c(OC)c1)c1cccc(OC)c1. The van der Waals surface area contributed by atoms with Crippen LogP contribution in [0.25, 0.3) is 0 Å². The number of aryl methyl sites for hydroxylation is 1. The van der Waals surface area contributed by atoms with Crippen LogP contribution in [-0.4, -0.2) is 56.5 Å². The Kier molecular flexibility index (Phi) is 10.4. The van der Waals surface area contributed by atoms with E-state index in [1.54, 1.807) is 35.2 Å². The third kappa shape index (κ3) is 7.31. The molecule has 1 heterocycles. The minimum Gasteiger partial charge on any atom is -0.497 e. The summed E-state index contributed by atoms with van der Waals surface area (Å²) in [5, 5.41) is 0. The lowest BCUT2D eigenvalue weighted by Gasteiger charge is -2.36. The molecular formula is C31H41NO7. The third-order valence-electron chi connectivity index (χ3n) is 7.60. The number of amides is 1. The molecule has 212 valence electrons. The number of esters is 1. The molecule has 2 atom stereocenters. The fourth-order valence-corrected chi connectivity index (χ4v) is 4.69. The molecule has 1 fully saturated rings. The Balaban J connectivity index is 1.84. The van der Waals surface area contributed by atoms with Crippen molar-refractivity contribution in [1.29, 1.82) is 0 Å². The molecule has 2 aromatic carbocycles. The van der Waals surface area contributed by atoms with Crippen LogP contribution in [-0.2, 0) is 25.5 Å². The second kappa shape index (κ2) is 13.5. The maximum atomic E-state index is 13.6. The highest BCUT2D eigenvalue weighted by molar-refractivity contribution is 6.38. The van der Waals surface area contributed by atoms with Gasteiger partial charge in [-0.15, -0.1) is 0 Å². The highest BCUT2D eigenvalue weighted by Gasteiger charge is 2.41. The van der Waals surface area contributed by atoms with E-state index < -0.39 is 35.2 Å². The van der Waals surface area contributed by atoms with Gasteiger partial charge in [0.25, 0.3) is 5.91 Å². The van der Waals surface area contributed by atoms with E-state index in [-0.39, 0.29) is 0 Å². The van der Waals surface area contributed by atoms with Gasteiger partial charge in [-0.2, -0.15) is 0 Å². The van der Waals surface area contributed by atoms with Gasteiger partial charge in [0, 0.05) is 12.0 Å². The van der Waals surface area contributed by atoms with Crippen LogP contribution in [0.3, 0.4) is 0 Å². The Morgan fingerprint density at radius 2 is 1.72 bits per heavy atom. The molecule has 2 aromatic rings. The van der Waals surface area contributed by atoms with Crippen molar-refractivity contribution in [2.24, 2.45) is 5.41 Å². The van der Waals surface area contributed by atoms with Gasteiger partial charge in [0.15, 0.2) is 11.5 Å². The van der Waals surface area contributed by atoms with Gasteiger partial charge >= 0.3 is 5.97 Å². The Hall–Kier alpha value is -3.55. The van der Waals surface area contributed by atoms with Crippen molar-refractivity contribution in [2.45, 2.75) is 71.4 Å². The highest BCUT2D eigenvalue weighted by atomic mass is 16.5. The predicted octanol–water partition coefficient (Wildman–Crippen LogP) is 5.32. The van der Waals surface area contributed by atoms with Gasteiger partial charge in [-0.1, -0.05) is 39.0 Å². The first kappa shape index (κ1) is 30.0. The molecule has 8 heteroatoms. The summed E-state index contributed by atoms with van der Waals surface area (Å²) >= 11 is 0. The number of rotatable bonds is 12. The Morgan fingerprint density at radius 3 is 2.38 bits per heavy atom. The van der Waals surface area contributed by atoms with Gasteiger partial charge in [-0.05, 0) is 73.9 Å². The van der Waals surface area contributed by atoms with E-state index in [1.165, 1.54) is 4.90 Å². The second-order valence-electron chi connectivity index (χ2n) is 10.5. The number of piperidine rings is 1. The monoisotopic (exact) mass is 539 g/mol. The van der Waals surface area contributed by atoms with Gasteiger partial charge in [0.2, 0.25) is 5.78 Å². The zero-order valence-corrected chi connectivity index (χ0v) is 24.0. The van der Waals surface area contributed by atoms with Crippen LogP contribution >= 0.6 is 0 Å². The number of carbonyl (C=O) groups excluding carboxylic acids is 3. The van der Waals surface area contributed by atoms with Crippen molar-refractivity contribution in [3.8, 4) is 17.2 Å². The van der Waals surface area contributed by atoms with E-state index >= 15 is 0 Å². The minimum atomic E-state index is -0.794. The highest BCUT2D eigenvalue weighted by Crippen LogP contribution is 2.32. The molecule has 1 aliphatic heterocycles. The molecule has 0 aliphatic carbocycles. The summed E-state index contributed by atoms with van der Waals surface area (Å²) in [5.41, 5.74) is 1.00. The molecule has 39 heavy (non-hydrogen) atoms. The summed E-state index contributed by atoms with van der Waals surface area (Å²) in [6, 6.07) is 12.3. The molecule has 0 saturated carbocycles. The summed E-state index contributed by atoms with van der Waals surface area (Å²) in [7, 11) is 4.77. The molecule has 1 aliphatic rings. The minimum absolute atomic E-state index is 0.361. The van der Waals surface area contributed by atoms with Crippen LogP contribution in [0, 0.1) is 5.41 Å². The molecule has 8 nitrogen and oxygen atoms in total. The van der Waals surface area contributed by atoms with E-state index in [4.69, 9.17) is 18.9 Å².